The van der Waals surface area contributed by atoms with Gasteiger partial charge in [-0.15, -0.1) is 20.4 Å². The minimum atomic E-state index is 0.507. The Hall–Kier alpha value is -0.380. The molecule has 0 radical (unpaired) electrons. The molecule has 5 nitrogen and oxygen atoms in total. The van der Waals surface area contributed by atoms with Crippen molar-refractivity contribution in [2.45, 2.75) is 14.4 Å². The summed E-state index contributed by atoms with van der Waals surface area (Å²) in [6, 6.07) is 0. The van der Waals surface area contributed by atoms with E-state index in [0.717, 1.165) is 19.4 Å². The Morgan fingerprint density at radius 1 is 1.13 bits per heavy atom. The van der Waals surface area contributed by atoms with E-state index in [4.69, 9.17) is 5.73 Å². The Balaban J connectivity index is 1.93. The van der Waals surface area contributed by atoms with Gasteiger partial charge in [0.25, 0.3) is 0 Å². The van der Waals surface area contributed by atoms with Gasteiger partial charge in [0.2, 0.25) is 5.13 Å². The molecule has 0 atom stereocenters. The maximum Gasteiger partial charge on any atom is 0.203 e. The first-order valence-corrected chi connectivity index (χ1v) is 7.70. The van der Waals surface area contributed by atoms with Gasteiger partial charge in [0, 0.05) is 0 Å². The van der Waals surface area contributed by atoms with Crippen molar-refractivity contribution in [3.05, 3.63) is 5.01 Å². The highest BCUT2D eigenvalue weighted by Gasteiger charge is 2.06. The van der Waals surface area contributed by atoms with Crippen LogP contribution >= 0.6 is 46.2 Å². The summed E-state index contributed by atoms with van der Waals surface area (Å²) in [5, 5.41) is 17.2. The van der Waals surface area contributed by atoms with Crippen LogP contribution in [0.15, 0.2) is 8.68 Å². The highest BCUT2D eigenvalue weighted by Crippen LogP contribution is 2.30. The first-order chi connectivity index (χ1) is 7.28. The first-order valence-electron chi connectivity index (χ1n) is 3.86. The number of hydrogen-bond acceptors (Lipinski definition) is 9. The van der Waals surface area contributed by atoms with E-state index in [1.165, 1.54) is 11.3 Å². The van der Waals surface area contributed by atoms with E-state index >= 15 is 0 Å². The van der Waals surface area contributed by atoms with Crippen molar-refractivity contribution in [1.82, 2.24) is 20.4 Å². The van der Waals surface area contributed by atoms with Crippen molar-refractivity contribution in [1.29, 1.82) is 0 Å². The van der Waals surface area contributed by atoms with Gasteiger partial charge in [-0.05, 0) is 6.26 Å². The summed E-state index contributed by atoms with van der Waals surface area (Å²) < 4.78 is 1.93. The van der Waals surface area contributed by atoms with Crippen LogP contribution in [0.1, 0.15) is 5.01 Å². The number of nitrogens with zero attached hydrogens (tertiary/aromatic N) is 4. The second-order valence-electron chi connectivity index (χ2n) is 2.36. The summed E-state index contributed by atoms with van der Waals surface area (Å²) in [5.41, 5.74) is 5.48. The fourth-order valence-electron chi connectivity index (χ4n) is 0.786. The number of nitrogens with two attached hydrogens (primary N) is 1. The zero-order chi connectivity index (χ0) is 10.7. The molecule has 2 aromatic heterocycles. The third-order valence-electron chi connectivity index (χ3n) is 1.36. The van der Waals surface area contributed by atoms with E-state index in [0.29, 0.717) is 5.13 Å². The quantitative estimate of drug-likeness (QED) is 0.856. The Labute approximate surface area is 103 Å². The number of anilines is 1. The summed E-state index contributed by atoms with van der Waals surface area (Å²) >= 11 is 6.20. The van der Waals surface area contributed by atoms with Gasteiger partial charge in [-0.1, -0.05) is 46.2 Å². The molecule has 0 unspecified atom stereocenters. The fourth-order valence-corrected chi connectivity index (χ4v) is 3.82. The van der Waals surface area contributed by atoms with Crippen LogP contribution in [-0.4, -0.2) is 26.7 Å². The smallest absolute Gasteiger partial charge is 0.203 e. The zero-order valence-electron chi connectivity index (χ0n) is 7.71. The van der Waals surface area contributed by atoms with Crippen molar-refractivity contribution in [3.63, 3.8) is 0 Å². The fraction of sp³-hybridized carbons (Fsp3) is 0.333. The van der Waals surface area contributed by atoms with Crippen LogP contribution in [0.5, 0.6) is 0 Å². The van der Waals surface area contributed by atoms with Gasteiger partial charge < -0.3 is 5.73 Å². The molecule has 2 aromatic rings. The van der Waals surface area contributed by atoms with Crippen molar-refractivity contribution < 1.29 is 0 Å². The highest BCUT2D eigenvalue weighted by atomic mass is 32.2. The van der Waals surface area contributed by atoms with Crippen LogP contribution in [0.25, 0.3) is 0 Å². The van der Waals surface area contributed by atoms with Crippen LogP contribution < -0.4 is 5.73 Å². The maximum absolute atomic E-state index is 5.48. The van der Waals surface area contributed by atoms with Crippen molar-refractivity contribution in [3.8, 4) is 0 Å². The molecule has 0 aliphatic carbocycles. The third-order valence-corrected chi connectivity index (χ3v) is 5.34. The molecule has 0 aliphatic heterocycles. The molecule has 15 heavy (non-hydrogen) atoms. The molecule has 0 amide bonds. The van der Waals surface area contributed by atoms with Crippen LogP contribution in [0.3, 0.4) is 0 Å². The van der Waals surface area contributed by atoms with Crippen molar-refractivity contribution in [2.75, 3.05) is 12.0 Å². The van der Waals surface area contributed by atoms with E-state index in [9.17, 15) is 0 Å². The molecule has 0 aliphatic rings. The summed E-state index contributed by atoms with van der Waals surface area (Å²) in [4.78, 5) is 0. The van der Waals surface area contributed by atoms with E-state index < -0.39 is 0 Å². The Morgan fingerprint density at radius 2 is 1.93 bits per heavy atom. The Morgan fingerprint density at radius 3 is 2.53 bits per heavy atom. The number of nitrogen functional groups attached to an aromatic ring is 1. The molecule has 0 bridgehead atoms. The molecule has 0 aromatic carbocycles. The maximum atomic E-state index is 5.48. The van der Waals surface area contributed by atoms with E-state index in [-0.39, 0.29) is 0 Å². The van der Waals surface area contributed by atoms with Gasteiger partial charge in [0.05, 0.1) is 5.75 Å². The molecule has 0 spiro atoms. The SMILES string of the molecule is CSc1nnc(SCc2nnc(N)s2)s1. The molecular formula is C6H7N5S4. The molecular weight excluding hydrogens is 270 g/mol. The average Bonchev–Trinajstić information content (AvgIpc) is 2.83. The lowest BCUT2D eigenvalue weighted by molar-refractivity contribution is 0.954. The molecule has 2 rings (SSSR count). The summed E-state index contributed by atoms with van der Waals surface area (Å²) in [7, 11) is 0. The zero-order valence-corrected chi connectivity index (χ0v) is 11.0. The third kappa shape index (κ3) is 3.03. The standard InChI is InChI=1S/C6H7N5S4/c1-12-5-10-11-6(15-5)13-2-3-8-9-4(7)14-3/h2H2,1H3,(H2,7,9). The lowest BCUT2D eigenvalue weighted by Gasteiger charge is -1.89. The summed E-state index contributed by atoms with van der Waals surface area (Å²) in [6.45, 7) is 0. The predicted octanol–water partition coefficient (Wildman–Crippen LogP) is 1.99. The van der Waals surface area contributed by atoms with E-state index in [2.05, 4.69) is 20.4 Å². The highest BCUT2D eigenvalue weighted by molar-refractivity contribution is 8.02. The van der Waals surface area contributed by atoms with Crippen LogP contribution in [0, 0.1) is 0 Å². The van der Waals surface area contributed by atoms with Gasteiger partial charge in [0.15, 0.2) is 8.68 Å². The Bertz CT molecular complexity index is 438. The number of rotatable bonds is 4. The van der Waals surface area contributed by atoms with Crippen LogP contribution in [0.2, 0.25) is 0 Å². The van der Waals surface area contributed by atoms with E-state index in [1.54, 1.807) is 34.9 Å². The lowest BCUT2D eigenvalue weighted by atomic mass is 10.9. The van der Waals surface area contributed by atoms with E-state index in [1.807, 2.05) is 6.26 Å². The molecule has 0 fully saturated rings. The second-order valence-corrected chi connectivity index (χ2v) is 6.71. The predicted molar refractivity (Wildman–Crippen MR) is 65.6 cm³/mol. The van der Waals surface area contributed by atoms with Crippen molar-refractivity contribution >= 4 is 51.3 Å². The van der Waals surface area contributed by atoms with Gasteiger partial charge in [-0.2, -0.15) is 0 Å². The second kappa shape index (κ2) is 5.10. The van der Waals surface area contributed by atoms with Crippen LogP contribution in [0.4, 0.5) is 5.13 Å². The molecule has 0 saturated heterocycles. The molecule has 9 heteroatoms. The summed E-state index contributed by atoms with van der Waals surface area (Å²) in [5.74, 6) is 0.748. The topological polar surface area (TPSA) is 77.6 Å². The number of hydrogen-bond donors (Lipinski definition) is 1. The average molecular weight is 277 g/mol. The van der Waals surface area contributed by atoms with Gasteiger partial charge >= 0.3 is 0 Å². The summed E-state index contributed by atoms with van der Waals surface area (Å²) in [6.07, 6.45) is 1.99. The minimum absolute atomic E-state index is 0.507. The minimum Gasteiger partial charge on any atom is -0.374 e. The van der Waals surface area contributed by atoms with Crippen molar-refractivity contribution in [2.24, 2.45) is 0 Å². The monoisotopic (exact) mass is 277 g/mol. The van der Waals surface area contributed by atoms with Gasteiger partial charge in [-0.25, -0.2) is 0 Å². The molecule has 2 N–H and O–H groups in total. The van der Waals surface area contributed by atoms with Gasteiger partial charge in [0.1, 0.15) is 5.01 Å². The molecule has 80 valence electrons. The van der Waals surface area contributed by atoms with Crippen LogP contribution in [-0.2, 0) is 5.75 Å². The lowest BCUT2D eigenvalue weighted by Crippen LogP contribution is -1.80. The first kappa shape index (κ1) is 11.1. The Kier molecular flexibility index (Phi) is 3.78. The molecule has 0 saturated carbocycles. The number of aromatic nitrogens is 4. The number of thioether (sulfide) groups is 2. The molecule has 2 heterocycles. The van der Waals surface area contributed by atoms with Gasteiger partial charge in [-0.3, -0.25) is 0 Å². The largest absolute Gasteiger partial charge is 0.374 e. The normalized spacial score (nSPS) is 10.7.